The normalized spacial score (nSPS) is 23.2. The monoisotopic (exact) mass is 494 g/mol. The van der Waals surface area contributed by atoms with Crippen molar-refractivity contribution < 1.29 is 52.4 Å². The summed E-state index contributed by atoms with van der Waals surface area (Å²) < 4.78 is 129. The molecule has 0 aliphatic carbocycles. The summed E-state index contributed by atoms with van der Waals surface area (Å²) in [4.78, 5) is 0. The highest BCUT2D eigenvalue weighted by Gasteiger charge is 2.75. The Bertz CT molecular complexity index is 808. The molecule has 1 atom stereocenters. The quantitative estimate of drug-likeness (QED) is 0.418. The zero-order valence-electron chi connectivity index (χ0n) is 17.7. The number of likely N-dealkylation sites (N-methyl/N-ethyl adjacent to an activating group) is 2. The van der Waals surface area contributed by atoms with Crippen molar-refractivity contribution in [3.63, 3.8) is 0 Å². The molecule has 1 saturated heterocycles. The van der Waals surface area contributed by atoms with Crippen molar-refractivity contribution in [3.05, 3.63) is 0 Å². The summed E-state index contributed by atoms with van der Waals surface area (Å²) in [6.07, 6.45) is -0.668. The molecule has 8 nitrogen and oxygen atoms in total. The molecule has 1 heterocycles. The Kier molecular flexibility index (Phi) is 6.78. The van der Waals surface area contributed by atoms with Crippen molar-refractivity contribution in [3.8, 4) is 0 Å². The molecule has 1 rings (SSSR count). The molecule has 1 fully saturated rings. The fraction of sp³-hybridized carbons (Fsp3) is 1.00. The van der Waals surface area contributed by atoms with E-state index in [0.29, 0.717) is 0 Å². The maximum absolute atomic E-state index is 13.5. The van der Waals surface area contributed by atoms with Crippen LogP contribution in [-0.2, 0) is 20.0 Å². The molecule has 0 amide bonds. The lowest BCUT2D eigenvalue weighted by atomic mass is 9.94. The van der Waals surface area contributed by atoms with E-state index in [1.165, 1.54) is 42.0 Å². The van der Waals surface area contributed by atoms with Crippen molar-refractivity contribution in [2.75, 3.05) is 41.3 Å². The smallest absolute Gasteiger partial charge is 0.202 e. The summed E-state index contributed by atoms with van der Waals surface area (Å²) in [7, 11) is -8.11. The van der Waals surface area contributed by atoms with Crippen LogP contribution in [0.15, 0.2) is 0 Å². The second-order valence-electron chi connectivity index (χ2n) is 8.46. The van der Waals surface area contributed by atoms with Crippen LogP contribution in [0.1, 0.15) is 27.2 Å². The predicted octanol–water partition coefficient (Wildman–Crippen LogP) is 2.05. The summed E-state index contributed by atoms with van der Waals surface area (Å²) in [5.41, 5.74) is -15.3. The van der Waals surface area contributed by atoms with E-state index in [4.69, 9.17) is 0 Å². The van der Waals surface area contributed by atoms with E-state index in [2.05, 4.69) is 0 Å². The van der Waals surface area contributed by atoms with E-state index >= 15 is 0 Å². The molecule has 1 unspecified atom stereocenters. The first-order valence-electron chi connectivity index (χ1n) is 8.85. The van der Waals surface area contributed by atoms with Gasteiger partial charge < -0.3 is 0 Å². The molecule has 16 heteroatoms. The van der Waals surface area contributed by atoms with E-state index in [-0.39, 0.29) is 22.3 Å². The molecule has 0 aromatic rings. The Hall–Kier alpha value is -0.680. The Morgan fingerprint density at radius 2 is 1.13 bits per heavy atom. The minimum atomic E-state index is -6.97. The summed E-state index contributed by atoms with van der Waals surface area (Å²) in [5, 5.41) is 1.07. The van der Waals surface area contributed by atoms with Gasteiger partial charge in [-0.3, -0.25) is 0 Å². The topological polar surface area (TPSA) is 74.8 Å². The fourth-order valence-electron chi connectivity index (χ4n) is 4.20. The van der Waals surface area contributed by atoms with E-state index in [1.807, 2.05) is 0 Å². The zero-order valence-corrected chi connectivity index (χ0v) is 19.3. The van der Waals surface area contributed by atoms with Gasteiger partial charge in [0.05, 0.1) is 28.2 Å². The van der Waals surface area contributed by atoms with Crippen molar-refractivity contribution >= 4 is 20.0 Å². The zero-order chi connectivity index (χ0) is 24.4. The van der Waals surface area contributed by atoms with E-state index in [0.717, 1.165) is 12.0 Å². The molecule has 30 heavy (non-hydrogen) atoms. The maximum atomic E-state index is 13.5. The van der Waals surface area contributed by atoms with Crippen LogP contribution in [0.5, 0.6) is 0 Å². The van der Waals surface area contributed by atoms with Gasteiger partial charge in [-0.25, -0.2) is 16.8 Å². The molecule has 0 spiro atoms. The van der Waals surface area contributed by atoms with Crippen LogP contribution in [0.25, 0.3) is 0 Å². The predicted molar refractivity (Wildman–Crippen MR) is 95.4 cm³/mol. The third-order valence-electron chi connectivity index (χ3n) is 5.35. The van der Waals surface area contributed by atoms with Crippen LogP contribution in [-0.4, -0.2) is 92.8 Å². The number of hydrogen-bond acceptors (Lipinski definition) is 5. The average Bonchev–Trinajstić information content (AvgIpc) is 2.70. The van der Waals surface area contributed by atoms with Crippen LogP contribution in [0, 0.1) is 5.92 Å². The first kappa shape index (κ1) is 27.4. The summed E-state index contributed by atoms with van der Waals surface area (Å²) in [6.45, 7) is 3.96. The first-order valence-corrected chi connectivity index (χ1v) is 11.7. The summed E-state index contributed by atoms with van der Waals surface area (Å²) in [6, 6.07) is 0. The Labute approximate surface area is 172 Å². The lowest BCUT2D eigenvalue weighted by Gasteiger charge is -2.53. The molecule has 1 aliphatic rings. The third kappa shape index (κ3) is 3.94. The number of rotatable bonds is 6. The summed E-state index contributed by atoms with van der Waals surface area (Å²) >= 11 is 0. The number of quaternary nitrogens is 2. The largest absolute Gasteiger partial charge is 0.512 e. The molecular weight excluding hydrogens is 466 g/mol. The molecule has 0 radical (unpaired) electrons. The Balaban J connectivity index is 4.25. The lowest BCUT2D eigenvalue weighted by Crippen LogP contribution is -2.78. The maximum Gasteiger partial charge on any atom is 0.512 e. The highest BCUT2D eigenvalue weighted by atomic mass is 32.3. The van der Waals surface area contributed by atoms with Gasteiger partial charge in [0.2, 0.25) is 5.66 Å². The minimum Gasteiger partial charge on any atom is -0.202 e. The number of nitrogens with zero attached hydrogens (tertiary/aromatic N) is 4. The first-order chi connectivity index (χ1) is 12.9. The van der Waals surface area contributed by atoms with Gasteiger partial charge in [-0.05, 0) is 16.0 Å². The van der Waals surface area contributed by atoms with Gasteiger partial charge in [0.1, 0.15) is 0 Å². The lowest BCUT2D eigenvalue weighted by molar-refractivity contribution is -1.19. The molecule has 1 aliphatic heterocycles. The van der Waals surface area contributed by atoms with Gasteiger partial charge in [-0.15, -0.1) is 0 Å². The number of sulfonamides is 2. The minimum absolute atomic E-state index is 0.216. The summed E-state index contributed by atoms with van der Waals surface area (Å²) in [5.74, 6) is -1.29. The molecule has 180 valence electrons. The highest BCUT2D eigenvalue weighted by molar-refractivity contribution is 8.04. The van der Waals surface area contributed by atoms with Gasteiger partial charge in [-0.1, -0.05) is 20.8 Å². The molecule has 0 aromatic carbocycles. The molecule has 0 N–H and O–H groups in total. The van der Waals surface area contributed by atoms with Gasteiger partial charge >= 0.3 is 31.1 Å². The van der Waals surface area contributed by atoms with Crippen LogP contribution in [0.4, 0.5) is 26.3 Å². The second kappa shape index (κ2) is 7.43. The van der Waals surface area contributed by atoms with Crippen molar-refractivity contribution in [2.24, 2.45) is 5.92 Å². The average molecular weight is 495 g/mol. The van der Waals surface area contributed by atoms with Crippen molar-refractivity contribution in [1.82, 2.24) is 8.83 Å². The SMILES string of the molecule is CCC(C(C)C)(N1[N+](C)(C)CC[N+]1(C)C)N(S(=O)(=O)C(F)(F)F)S(=O)(=O)C(F)(F)F. The van der Waals surface area contributed by atoms with Gasteiger partial charge in [0.25, 0.3) is 0 Å². The van der Waals surface area contributed by atoms with Crippen LogP contribution in [0.3, 0.4) is 0 Å². The molecule has 0 bridgehead atoms. The van der Waals surface area contributed by atoms with Crippen LogP contribution < -0.4 is 0 Å². The van der Waals surface area contributed by atoms with Gasteiger partial charge in [-0.2, -0.15) is 35.5 Å². The van der Waals surface area contributed by atoms with E-state index in [9.17, 15) is 43.2 Å². The van der Waals surface area contributed by atoms with Crippen LogP contribution in [0.2, 0.25) is 0 Å². The van der Waals surface area contributed by atoms with E-state index in [1.54, 1.807) is 0 Å². The van der Waals surface area contributed by atoms with Crippen molar-refractivity contribution in [1.29, 1.82) is 0 Å². The number of halogens is 6. The highest BCUT2D eigenvalue weighted by Crippen LogP contribution is 2.49. The van der Waals surface area contributed by atoms with Gasteiger partial charge in [0, 0.05) is 5.12 Å². The molecule has 0 saturated carbocycles. The molecule has 0 aromatic heterocycles. The van der Waals surface area contributed by atoms with Crippen LogP contribution >= 0.6 is 0 Å². The number of alkyl halides is 6. The second-order valence-corrected chi connectivity index (χ2v) is 12.3. The fourth-order valence-corrected chi connectivity index (χ4v) is 7.77. The van der Waals surface area contributed by atoms with Crippen molar-refractivity contribution in [2.45, 2.75) is 43.9 Å². The standard InChI is InChI=1S/C14H28F6N4O4S2/c1-8-12(11(2)3,21-23(4,5)9-10-24(21,6)7)22(29(25,26)13(15,16)17)30(27,28)14(18,19)20/h11H,8-10H2,1-7H3/q+2. The third-order valence-corrected chi connectivity index (χ3v) is 9.20. The van der Waals surface area contributed by atoms with Gasteiger partial charge in [0.15, 0.2) is 13.1 Å². The molecular formula is C14H28F6N4O4S2+2. The number of hydrogen-bond donors (Lipinski definition) is 0. The Morgan fingerprint density at radius 1 is 0.833 bits per heavy atom. The van der Waals surface area contributed by atoms with E-state index < -0.39 is 52.8 Å². The Morgan fingerprint density at radius 3 is 1.33 bits per heavy atom.